The highest BCUT2D eigenvalue weighted by molar-refractivity contribution is 5.67. The van der Waals surface area contributed by atoms with Gasteiger partial charge in [0.1, 0.15) is 0 Å². The Kier molecular flexibility index (Phi) is 5.57. The van der Waals surface area contributed by atoms with E-state index in [1.807, 2.05) is 0 Å². The predicted molar refractivity (Wildman–Crippen MR) is 50.9 cm³/mol. The lowest BCUT2D eigenvalue weighted by Gasteiger charge is -2.23. The molecule has 0 unspecified atom stereocenters. The Labute approximate surface area is 91.8 Å². The highest BCUT2D eigenvalue weighted by Gasteiger charge is 2.29. The largest absolute Gasteiger partial charge is 0.440 e. The number of carbonyl (C=O) groups is 1. The van der Waals surface area contributed by atoms with Crippen molar-refractivity contribution in [2.45, 2.75) is 26.4 Å². The van der Waals surface area contributed by atoms with Crippen molar-refractivity contribution in [2.75, 3.05) is 19.8 Å². The van der Waals surface area contributed by atoms with Gasteiger partial charge in [0.15, 0.2) is 6.61 Å². The van der Waals surface area contributed by atoms with Crippen LogP contribution in [0.1, 0.15) is 20.3 Å². The summed E-state index contributed by atoms with van der Waals surface area (Å²) in [5, 5.41) is 10.9. The normalized spacial score (nSPS) is 12.4. The molecular formula is C9H16F3NO3. The zero-order valence-electron chi connectivity index (χ0n) is 9.23. The van der Waals surface area contributed by atoms with E-state index in [1.165, 1.54) is 0 Å². The molecule has 0 aliphatic carbocycles. The Hall–Kier alpha value is -0.980. The molecule has 0 heterocycles. The molecule has 0 aromatic rings. The van der Waals surface area contributed by atoms with Crippen molar-refractivity contribution in [3.05, 3.63) is 0 Å². The van der Waals surface area contributed by atoms with Crippen molar-refractivity contribution in [3.8, 4) is 0 Å². The van der Waals surface area contributed by atoms with Gasteiger partial charge in [-0.05, 0) is 11.8 Å². The van der Waals surface area contributed by atoms with E-state index in [-0.39, 0.29) is 18.6 Å². The molecule has 0 radical (unpaired) electrons. The molecule has 16 heavy (non-hydrogen) atoms. The number of rotatable bonds is 5. The number of ether oxygens (including phenoxy) is 1. The lowest BCUT2D eigenvalue weighted by atomic mass is 9.90. The van der Waals surface area contributed by atoms with Crippen LogP contribution in [0.2, 0.25) is 0 Å². The summed E-state index contributed by atoms with van der Waals surface area (Å²) in [6, 6.07) is 0. The number of halogens is 3. The molecule has 0 spiro atoms. The molecule has 0 saturated heterocycles. The molecule has 0 aliphatic rings. The molecule has 4 nitrogen and oxygen atoms in total. The number of alkyl halides is 3. The Morgan fingerprint density at radius 1 is 1.38 bits per heavy atom. The van der Waals surface area contributed by atoms with Gasteiger partial charge in [-0.25, -0.2) is 4.79 Å². The molecule has 96 valence electrons. The quantitative estimate of drug-likeness (QED) is 0.772. The minimum atomic E-state index is -4.52. The molecule has 7 heteroatoms. The van der Waals surface area contributed by atoms with Gasteiger partial charge < -0.3 is 15.2 Å². The van der Waals surface area contributed by atoms with Gasteiger partial charge in [0.2, 0.25) is 0 Å². The third-order valence-corrected chi connectivity index (χ3v) is 1.87. The summed E-state index contributed by atoms with van der Waals surface area (Å²) in [5.74, 6) is 0. The first-order chi connectivity index (χ1) is 7.16. The summed E-state index contributed by atoms with van der Waals surface area (Å²) in [7, 11) is 0. The summed E-state index contributed by atoms with van der Waals surface area (Å²) in [6.45, 7) is 2.04. The Balaban J connectivity index is 3.81. The summed E-state index contributed by atoms with van der Waals surface area (Å²) < 4.78 is 39.0. The van der Waals surface area contributed by atoms with E-state index in [1.54, 1.807) is 13.8 Å². The summed E-state index contributed by atoms with van der Waals surface area (Å²) in [6.07, 6.45) is -5.19. The minimum absolute atomic E-state index is 0.0493. The van der Waals surface area contributed by atoms with Crippen molar-refractivity contribution < 1.29 is 27.8 Å². The van der Waals surface area contributed by atoms with Gasteiger partial charge in [-0.2, -0.15) is 13.2 Å². The van der Waals surface area contributed by atoms with Crippen LogP contribution in [0.25, 0.3) is 0 Å². The molecule has 2 N–H and O–H groups in total. The molecule has 0 atom stereocenters. The van der Waals surface area contributed by atoms with E-state index in [0.717, 1.165) is 0 Å². The fraction of sp³-hybridized carbons (Fsp3) is 0.889. The van der Waals surface area contributed by atoms with E-state index < -0.39 is 18.9 Å². The molecule has 0 fully saturated rings. The first-order valence-electron chi connectivity index (χ1n) is 4.74. The van der Waals surface area contributed by atoms with Crippen molar-refractivity contribution in [1.29, 1.82) is 0 Å². The van der Waals surface area contributed by atoms with Gasteiger partial charge >= 0.3 is 12.3 Å². The molecule has 0 rings (SSSR count). The van der Waals surface area contributed by atoms with E-state index >= 15 is 0 Å². The number of aliphatic hydroxyl groups is 1. The number of aliphatic hydroxyl groups excluding tert-OH is 1. The number of alkyl carbamates (subject to hydrolysis) is 1. The summed E-state index contributed by atoms with van der Waals surface area (Å²) >= 11 is 0. The second kappa shape index (κ2) is 5.93. The zero-order valence-corrected chi connectivity index (χ0v) is 9.23. The second-order valence-electron chi connectivity index (χ2n) is 4.18. The molecule has 0 aromatic carbocycles. The maximum atomic E-state index is 11.7. The third-order valence-electron chi connectivity index (χ3n) is 1.87. The highest BCUT2D eigenvalue weighted by Crippen LogP contribution is 2.18. The monoisotopic (exact) mass is 243 g/mol. The zero-order chi connectivity index (χ0) is 12.8. The van der Waals surface area contributed by atoms with Crippen LogP contribution in [0, 0.1) is 5.41 Å². The average Bonchev–Trinajstić information content (AvgIpc) is 2.10. The van der Waals surface area contributed by atoms with Gasteiger partial charge in [0, 0.05) is 13.2 Å². The van der Waals surface area contributed by atoms with Crippen LogP contribution in [0.5, 0.6) is 0 Å². The predicted octanol–water partition coefficient (Wildman–Crippen LogP) is 1.68. The minimum Gasteiger partial charge on any atom is -0.440 e. The maximum absolute atomic E-state index is 11.7. The van der Waals surface area contributed by atoms with Gasteiger partial charge in [-0.1, -0.05) is 13.8 Å². The standard InChI is InChI=1S/C9H16F3NO3/c1-8(2,3-4-14)5-13-7(15)16-6-9(10,11)12/h14H,3-6H2,1-2H3,(H,13,15). The van der Waals surface area contributed by atoms with Gasteiger partial charge in [0.25, 0.3) is 0 Å². The number of nitrogens with one attached hydrogen (secondary N) is 1. The molecule has 1 amide bonds. The van der Waals surface area contributed by atoms with E-state index in [2.05, 4.69) is 10.1 Å². The number of hydrogen-bond acceptors (Lipinski definition) is 3. The molecule has 0 saturated carbocycles. The average molecular weight is 243 g/mol. The first kappa shape index (κ1) is 15.0. The molecular weight excluding hydrogens is 227 g/mol. The van der Waals surface area contributed by atoms with Crippen LogP contribution in [-0.2, 0) is 4.74 Å². The number of amides is 1. The van der Waals surface area contributed by atoms with Gasteiger partial charge in [-0.15, -0.1) is 0 Å². The molecule has 0 bridgehead atoms. The number of carbonyl (C=O) groups excluding carboxylic acids is 1. The van der Waals surface area contributed by atoms with Crippen LogP contribution in [0.4, 0.5) is 18.0 Å². The van der Waals surface area contributed by atoms with Crippen LogP contribution in [0.3, 0.4) is 0 Å². The Morgan fingerprint density at radius 3 is 2.38 bits per heavy atom. The van der Waals surface area contributed by atoms with Gasteiger partial charge in [-0.3, -0.25) is 0 Å². The van der Waals surface area contributed by atoms with E-state index in [9.17, 15) is 18.0 Å². The smallest absolute Gasteiger partial charge is 0.422 e. The van der Waals surface area contributed by atoms with E-state index in [0.29, 0.717) is 6.42 Å². The fourth-order valence-electron chi connectivity index (χ4n) is 0.901. The van der Waals surface area contributed by atoms with Crippen molar-refractivity contribution in [3.63, 3.8) is 0 Å². The highest BCUT2D eigenvalue weighted by atomic mass is 19.4. The van der Waals surface area contributed by atoms with E-state index in [4.69, 9.17) is 5.11 Å². The Bertz CT molecular complexity index is 229. The molecule has 0 aliphatic heterocycles. The lowest BCUT2D eigenvalue weighted by Crippen LogP contribution is -2.36. The summed E-state index contributed by atoms with van der Waals surface area (Å²) in [5.41, 5.74) is -0.383. The maximum Gasteiger partial charge on any atom is 0.422 e. The van der Waals surface area contributed by atoms with Crippen molar-refractivity contribution in [1.82, 2.24) is 5.32 Å². The van der Waals surface area contributed by atoms with Gasteiger partial charge in [0.05, 0.1) is 0 Å². The second-order valence-corrected chi connectivity index (χ2v) is 4.18. The SMILES string of the molecule is CC(C)(CCO)CNC(=O)OCC(F)(F)F. The number of hydrogen-bond donors (Lipinski definition) is 2. The molecule has 0 aromatic heterocycles. The third kappa shape index (κ3) is 8.34. The topological polar surface area (TPSA) is 58.6 Å². The first-order valence-corrected chi connectivity index (χ1v) is 4.74. The summed E-state index contributed by atoms with van der Waals surface area (Å²) in [4.78, 5) is 10.8. The fourth-order valence-corrected chi connectivity index (χ4v) is 0.901. The van der Waals surface area contributed by atoms with Crippen LogP contribution >= 0.6 is 0 Å². The van der Waals surface area contributed by atoms with Crippen LogP contribution < -0.4 is 5.32 Å². The van der Waals surface area contributed by atoms with Crippen molar-refractivity contribution >= 4 is 6.09 Å². The van der Waals surface area contributed by atoms with Crippen LogP contribution in [-0.4, -0.2) is 37.1 Å². The van der Waals surface area contributed by atoms with Crippen molar-refractivity contribution in [2.24, 2.45) is 5.41 Å². The Morgan fingerprint density at radius 2 is 1.94 bits per heavy atom. The van der Waals surface area contributed by atoms with Crippen LogP contribution in [0.15, 0.2) is 0 Å². The lowest BCUT2D eigenvalue weighted by molar-refractivity contribution is -0.160.